The number of rotatable bonds is 5. The summed E-state index contributed by atoms with van der Waals surface area (Å²) in [6.07, 6.45) is -1.07. The third-order valence-electron chi connectivity index (χ3n) is 5.91. The first kappa shape index (κ1) is 22.5. The van der Waals surface area contributed by atoms with Crippen LogP contribution in [0.2, 0.25) is 10.0 Å². The van der Waals surface area contributed by atoms with Crippen LogP contribution in [0.5, 0.6) is 11.5 Å². The molecule has 3 aromatic carbocycles. The lowest BCUT2D eigenvalue weighted by Crippen LogP contribution is -2.37. The Balaban J connectivity index is 1.62. The standard InChI is InChI=1S/C25H20Cl2N2O5/c1-2-33-19-13-14(11-12-18(19)30)21-20-23(34-29(21)15-7-4-3-5-8-15)25(32)28(24(20)31)22-16(26)9-6-10-17(22)27/h3-13,20-21,23,30H,2H2,1H3. The van der Waals surface area contributed by atoms with Gasteiger partial charge in [0, 0.05) is 0 Å². The van der Waals surface area contributed by atoms with Crippen molar-refractivity contribution < 1.29 is 24.3 Å². The predicted molar refractivity (Wildman–Crippen MR) is 128 cm³/mol. The van der Waals surface area contributed by atoms with Crippen LogP contribution < -0.4 is 14.7 Å². The lowest BCUT2D eigenvalue weighted by Gasteiger charge is -2.29. The molecule has 3 unspecified atom stereocenters. The number of anilines is 2. The highest BCUT2D eigenvalue weighted by molar-refractivity contribution is 6.42. The van der Waals surface area contributed by atoms with E-state index in [-0.39, 0.29) is 27.2 Å². The summed E-state index contributed by atoms with van der Waals surface area (Å²) in [5.74, 6) is -1.64. The third-order valence-corrected chi connectivity index (χ3v) is 6.52. The number of imide groups is 1. The number of carbonyl (C=O) groups is 2. The molecule has 0 radical (unpaired) electrons. The number of nitrogens with zero attached hydrogens (tertiary/aromatic N) is 2. The van der Waals surface area contributed by atoms with Crippen molar-refractivity contribution >= 4 is 46.4 Å². The zero-order chi connectivity index (χ0) is 24.0. The fourth-order valence-electron chi connectivity index (χ4n) is 4.46. The number of hydroxylamine groups is 1. The third kappa shape index (κ3) is 3.57. The quantitative estimate of drug-likeness (QED) is 0.490. The van der Waals surface area contributed by atoms with E-state index in [9.17, 15) is 14.7 Å². The first-order valence-corrected chi connectivity index (χ1v) is 11.5. The van der Waals surface area contributed by atoms with Gasteiger partial charge in [0.05, 0.1) is 34.1 Å². The summed E-state index contributed by atoms with van der Waals surface area (Å²) in [6, 6.07) is 18.2. The molecule has 0 bridgehead atoms. The van der Waals surface area contributed by atoms with Gasteiger partial charge < -0.3 is 9.84 Å². The Morgan fingerprint density at radius 2 is 1.68 bits per heavy atom. The molecule has 9 heteroatoms. The van der Waals surface area contributed by atoms with E-state index < -0.39 is 29.9 Å². The molecule has 0 aromatic heterocycles. The topological polar surface area (TPSA) is 79.3 Å². The van der Waals surface area contributed by atoms with Gasteiger partial charge in [0.25, 0.3) is 5.91 Å². The van der Waals surface area contributed by atoms with Crippen LogP contribution in [-0.4, -0.2) is 29.6 Å². The summed E-state index contributed by atoms with van der Waals surface area (Å²) in [5.41, 5.74) is 1.46. The minimum absolute atomic E-state index is 0.0226. The second kappa shape index (κ2) is 8.83. The number of halogens is 2. The van der Waals surface area contributed by atoms with Crippen molar-refractivity contribution in [1.82, 2.24) is 0 Å². The second-order valence-electron chi connectivity index (χ2n) is 7.90. The van der Waals surface area contributed by atoms with E-state index in [0.29, 0.717) is 17.9 Å². The predicted octanol–water partition coefficient (Wildman–Crippen LogP) is 5.15. The highest BCUT2D eigenvalue weighted by Crippen LogP contribution is 2.50. The molecule has 0 spiro atoms. The van der Waals surface area contributed by atoms with Crippen LogP contribution in [0, 0.1) is 5.92 Å². The molecule has 1 N–H and O–H groups in total. The number of hydrogen-bond donors (Lipinski definition) is 1. The number of aromatic hydroxyl groups is 1. The highest BCUT2D eigenvalue weighted by atomic mass is 35.5. The van der Waals surface area contributed by atoms with E-state index in [1.807, 2.05) is 37.3 Å². The Hall–Kier alpha value is -3.26. The van der Waals surface area contributed by atoms with Crippen LogP contribution in [0.4, 0.5) is 11.4 Å². The van der Waals surface area contributed by atoms with Crippen LogP contribution in [-0.2, 0) is 14.4 Å². The molecule has 3 atom stereocenters. The van der Waals surface area contributed by atoms with Gasteiger partial charge in [-0.1, -0.05) is 53.5 Å². The van der Waals surface area contributed by atoms with Crippen molar-refractivity contribution in [3.63, 3.8) is 0 Å². The van der Waals surface area contributed by atoms with Gasteiger partial charge in [0.2, 0.25) is 5.91 Å². The number of fused-ring (bicyclic) bond motifs is 1. The van der Waals surface area contributed by atoms with Gasteiger partial charge in [0.15, 0.2) is 17.6 Å². The molecule has 2 amide bonds. The van der Waals surface area contributed by atoms with Gasteiger partial charge in [0.1, 0.15) is 5.92 Å². The molecule has 3 aromatic rings. The normalized spacial score (nSPS) is 21.8. The Morgan fingerprint density at radius 1 is 0.971 bits per heavy atom. The molecule has 34 heavy (non-hydrogen) atoms. The maximum absolute atomic E-state index is 13.7. The van der Waals surface area contributed by atoms with Crippen LogP contribution in [0.3, 0.4) is 0 Å². The molecule has 0 saturated carbocycles. The Bertz CT molecular complexity index is 1250. The largest absolute Gasteiger partial charge is 0.504 e. The SMILES string of the molecule is CCOc1cc(C2C3C(=O)N(c4c(Cl)cccc4Cl)C(=O)C3ON2c2ccccc2)ccc1O. The van der Waals surface area contributed by atoms with Gasteiger partial charge in [-0.15, -0.1) is 0 Å². The summed E-state index contributed by atoms with van der Waals surface area (Å²) in [7, 11) is 0. The van der Waals surface area contributed by atoms with Crippen LogP contribution in [0.1, 0.15) is 18.5 Å². The molecule has 174 valence electrons. The minimum atomic E-state index is -1.07. The van der Waals surface area contributed by atoms with Gasteiger partial charge >= 0.3 is 0 Å². The Morgan fingerprint density at radius 3 is 2.35 bits per heavy atom. The molecule has 2 aliphatic heterocycles. The maximum atomic E-state index is 13.7. The van der Waals surface area contributed by atoms with Crippen LogP contribution >= 0.6 is 23.2 Å². The summed E-state index contributed by atoms with van der Waals surface area (Å²) >= 11 is 12.6. The van der Waals surface area contributed by atoms with Crippen molar-refractivity contribution in [2.75, 3.05) is 16.6 Å². The number of hydrogen-bond acceptors (Lipinski definition) is 6. The molecular weight excluding hydrogens is 479 g/mol. The van der Waals surface area contributed by atoms with E-state index in [2.05, 4.69) is 0 Å². The summed E-state index contributed by atoms with van der Waals surface area (Å²) in [6.45, 7) is 2.16. The van der Waals surface area contributed by atoms with Gasteiger partial charge in [-0.05, 0) is 48.9 Å². The zero-order valence-corrected chi connectivity index (χ0v) is 19.5. The van der Waals surface area contributed by atoms with E-state index in [0.717, 1.165) is 4.90 Å². The number of amides is 2. The molecule has 2 aliphatic rings. The average molecular weight is 499 g/mol. The van der Waals surface area contributed by atoms with Crippen LogP contribution in [0.25, 0.3) is 0 Å². The van der Waals surface area contributed by atoms with Crippen molar-refractivity contribution in [1.29, 1.82) is 0 Å². The average Bonchev–Trinajstić information content (AvgIpc) is 3.33. The molecular formula is C25H20Cl2N2O5. The first-order chi connectivity index (χ1) is 16.4. The molecule has 2 fully saturated rings. The van der Waals surface area contributed by atoms with Crippen LogP contribution in [0.15, 0.2) is 66.7 Å². The summed E-state index contributed by atoms with van der Waals surface area (Å²) < 4.78 is 5.55. The van der Waals surface area contributed by atoms with E-state index in [1.54, 1.807) is 35.4 Å². The molecule has 0 aliphatic carbocycles. The lowest BCUT2D eigenvalue weighted by molar-refractivity contribution is -0.126. The van der Waals surface area contributed by atoms with E-state index in [1.165, 1.54) is 6.07 Å². The van der Waals surface area contributed by atoms with Crippen molar-refractivity contribution in [2.45, 2.75) is 19.1 Å². The first-order valence-electron chi connectivity index (χ1n) is 10.7. The Kier molecular flexibility index (Phi) is 5.85. The van der Waals surface area contributed by atoms with Gasteiger partial charge in [-0.2, -0.15) is 0 Å². The number of para-hydroxylation sites is 2. The monoisotopic (exact) mass is 498 g/mol. The fraction of sp³-hybridized carbons (Fsp3) is 0.200. The summed E-state index contributed by atoms with van der Waals surface area (Å²) in [4.78, 5) is 34.3. The fourth-order valence-corrected chi connectivity index (χ4v) is 5.03. The molecule has 2 saturated heterocycles. The van der Waals surface area contributed by atoms with Crippen molar-refractivity contribution in [2.24, 2.45) is 5.92 Å². The van der Waals surface area contributed by atoms with Crippen molar-refractivity contribution in [3.05, 3.63) is 82.3 Å². The smallest absolute Gasteiger partial charge is 0.266 e. The highest BCUT2D eigenvalue weighted by Gasteiger charge is 2.60. The molecule has 7 nitrogen and oxygen atoms in total. The Labute approximate surface area is 206 Å². The number of carbonyl (C=O) groups excluding carboxylic acids is 2. The number of ether oxygens (including phenoxy) is 1. The maximum Gasteiger partial charge on any atom is 0.266 e. The number of benzene rings is 3. The minimum Gasteiger partial charge on any atom is -0.504 e. The number of phenols is 1. The molecule has 2 heterocycles. The molecule has 5 rings (SSSR count). The van der Waals surface area contributed by atoms with Gasteiger partial charge in [-0.3, -0.25) is 14.4 Å². The van der Waals surface area contributed by atoms with Gasteiger partial charge in [-0.25, -0.2) is 9.96 Å². The summed E-state index contributed by atoms with van der Waals surface area (Å²) in [5, 5.41) is 12.1. The van der Waals surface area contributed by atoms with Crippen molar-refractivity contribution in [3.8, 4) is 11.5 Å². The van der Waals surface area contributed by atoms with E-state index in [4.69, 9.17) is 32.8 Å². The van der Waals surface area contributed by atoms with E-state index >= 15 is 0 Å². The zero-order valence-electron chi connectivity index (χ0n) is 18.0. The second-order valence-corrected chi connectivity index (χ2v) is 8.71. The lowest BCUT2D eigenvalue weighted by atomic mass is 9.90. The number of phenolic OH excluding ortho intramolecular Hbond substituents is 1.